The van der Waals surface area contributed by atoms with Crippen LogP contribution < -0.4 is 5.73 Å². The number of nitrogens with one attached hydrogen (secondary N) is 3. The second-order valence-electron chi connectivity index (χ2n) is 14.6. The van der Waals surface area contributed by atoms with E-state index in [1.165, 1.54) is 0 Å². The third-order valence-electron chi connectivity index (χ3n) is 10.8. The molecule has 0 aliphatic carbocycles. The molecule has 2 amide bonds. The van der Waals surface area contributed by atoms with Gasteiger partial charge in [-0.1, -0.05) is 121 Å². The summed E-state index contributed by atoms with van der Waals surface area (Å²) < 4.78 is 5.96. The van der Waals surface area contributed by atoms with Gasteiger partial charge in [0.05, 0.1) is 17.3 Å². The average molecular weight is 777 g/mol. The molecule has 5 aromatic carbocycles. The number of pyridine rings is 1. The minimum Gasteiger partial charge on any atom is -0.459 e. The Balaban J connectivity index is 1.18. The van der Waals surface area contributed by atoms with Crippen molar-refractivity contribution in [2.45, 2.75) is 31.5 Å². The number of nitrogens with zero attached hydrogens (tertiary/aromatic N) is 2. The molecule has 9 aromatic rings. The molecule has 4 heterocycles. The summed E-state index contributed by atoms with van der Waals surface area (Å²) >= 11 is 0. The van der Waals surface area contributed by atoms with Crippen LogP contribution in [0, 0.1) is 0 Å². The Bertz CT molecular complexity index is 3000. The largest absolute Gasteiger partial charge is 0.459 e. The van der Waals surface area contributed by atoms with Gasteiger partial charge in [0.25, 0.3) is 5.91 Å². The quantitative estimate of drug-likeness (QED) is 0.0912. The van der Waals surface area contributed by atoms with Crippen molar-refractivity contribution in [2.24, 2.45) is 5.73 Å². The summed E-state index contributed by atoms with van der Waals surface area (Å²) in [4.78, 5) is 60.9. The predicted octanol–water partition coefficient (Wildman–Crippen LogP) is 8.74. The van der Waals surface area contributed by atoms with Crippen LogP contribution in [-0.2, 0) is 33.8 Å². The number of para-hydroxylation sites is 3. The first-order valence-corrected chi connectivity index (χ1v) is 19.5. The number of aromatic amines is 3. The Kier molecular flexibility index (Phi) is 10.1. The van der Waals surface area contributed by atoms with E-state index in [2.05, 4.69) is 15.0 Å². The zero-order valence-electron chi connectivity index (χ0n) is 32.0. The van der Waals surface area contributed by atoms with Crippen molar-refractivity contribution in [3.63, 3.8) is 0 Å². The van der Waals surface area contributed by atoms with Gasteiger partial charge in [0.1, 0.15) is 18.3 Å². The molecule has 10 heteroatoms. The number of carbonyl (C=O) groups is 3. The number of hydrogen-bond acceptors (Lipinski definition) is 6. The van der Waals surface area contributed by atoms with Crippen LogP contribution >= 0.6 is 0 Å². The summed E-state index contributed by atoms with van der Waals surface area (Å²) in [7, 11) is 0. The van der Waals surface area contributed by atoms with Gasteiger partial charge in [-0.05, 0) is 59.0 Å². The highest BCUT2D eigenvalue weighted by Gasteiger charge is 2.40. The summed E-state index contributed by atoms with van der Waals surface area (Å²) in [5, 5.41) is 3.37. The lowest BCUT2D eigenvalue weighted by Crippen LogP contribution is -2.56. The number of amides is 2. The molecule has 0 saturated carbocycles. The highest BCUT2D eigenvalue weighted by molar-refractivity contribution is 6.14. The first-order chi connectivity index (χ1) is 28.9. The molecule has 10 nitrogen and oxygen atoms in total. The predicted molar refractivity (Wildman–Crippen MR) is 232 cm³/mol. The topological polar surface area (TPSA) is 150 Å². The lowest BCUT2D eigenvalue weighted by molar-refractivity contribution is -0.154. The first kappa shape index (κ1) is 37.0. The SMILES string of the molecule is N[C@@H](Cc1c[nH]c2ccccc12)C(=O)N(C(=O)c1cc2c([nH]c3ccccc32)c(C=Cc2ccccc2)n1)[C@@H](Cc1c[nH]c2ccccc12)C(=O)OCc1ccccc1. The zero-order chi connectivity index (χ0) is 40.3. The number of H-pyrrole nitrogens is 3. The monoisotopic (exact) mass is 776 g/mol. The molecule has 4 aromatic heterocycles. The third kappa shape index (κ3) is 7.52. The molecule has 0 fully saturated rings. The Labute approximate surface area is 339 Å². The van der Waals surface area contributed by atoms with E-state index in [0.717, 1.165) is 70.8 Å². The van der Waals surface area contributed by atoms with Crippen LogP contribution in [0.25, 0.3) is 55.8 Å². The molecule has 9 rings (SSSR count). The highest BCUT2D eigenvalue weighted by Crippen LogP contribution is 2.31. The highest BCUT2D eigenvalue weighted by atomic mass is 16.5. The van der Waals surface area contributed by atoms with E-state index >= 15 is 9.59 Å². The van der Waals surface area contributed by atoms with Crippen molar-refractivity contribution in [2.75, 3.05) is 0 Å². The van der Waals surface area contributed by atoms with Crippen molar-refractivity contribution < 1.29 is 19.1 Å². The minimum absolute atomic E-state index is 0.0256. The van der Waals surface area contributed by atoms with Gasteiger partial charge < -0.3 is 25.4 Å². The maximum atomic E-state index is 15.4. The lowest BCUT2D eigenvalue weighted by Gasteiger charge is -2.30. The molecule has 0 radical (unpaired) electrons. The fourth-order valence-corrected chi connectivity index (χ4v) is 7.78. The average Bonchev–Trinajstić information content (AvgIpc) is 4.00. The van der Waals surface area contributed by atoms with Gasteiger partial charge in [-0.3, -0.25) is 14.5 Å². The van der Waals surface area contributed by atoms with Gasteiger partial charge in [-0.15, -0.1) is 0 Å². The number of ether oxygens (including phenoxy) is 1. The molecular formula is C49H40N6O4. The Hall–Kier alpha value is -7.56. The second kappa shape index (κ2) is 16.1. The molecule has 0 unspecified atom stereocenters. The molecule has 0 bridgehead atoms. The van der Waals surface area contributed by atoms with Crippen LogP contribution in [0.1, 0.15) is 38.4 Å². The van der Waals surface area contributed by atoms with E-state index in [9.17, 15) is 4.79 Å². The van der Waals surface area contributed by atoms with E-state index in [4.69, 9.17) is 15.5 Å². The number of esters is 1. The Morgan fingerprint density at radius 2 is 1.24 bits per heavy atom. The van der Waals surface area contributed by atoms with Crippen molar-refractivity contribution in [1.29, 1.82) is 0 Å². The number of hydrogen-bond donors (Lipinski definition) is 4. The molecule has 2 atom stereocenters. The number of rotatable bonds is 12. The van der Waals surface area contributed by atoms with Gasteiger partial charge >= 0.3 is 5.97 Å². The van der Waals surface area contributed by atoms with Crippen LogP contribution in [0.15, 0.2) is 152 Å². The number of carbonyl (C=O) groups excluding carboxylic acids is 3. The van der Waals surface area contributed by atoms with Crippen LogP contribution in [-0.4, -0.2) is 54.7 Å². The number of benzene rings is 5. The van der Waals surface area contributed by atoms with Crippen molar-refractivity contribution >= 4 is 73.5 Å². The molecular weight excluding hydrogens is 737 g/mol. The fourth-order valence-electron chi connectivity index (χ4n) is 7.78. The van der Waals surface area contributed by atoms with E-state index in [0.29, 0.717) is 5.69 Å². The van der Waals surface area contributed by atoms with Crippen LogP contribution in [0.5, 0.6) is 0 Å². The summed E-state index contributed by atoms with van der Waals surface area (Å²) in [6.07, 6.45) is 7.44. The Morgan fingerprint density at radius 3 is 1.92 bits per heavy atom. The van der Waals surface area contributed by atoms with Crippen molar-refractivity contribution in [1.82, 2.24) is 24.8 Å². The van der Waals surface area contributed by atoms with Crippen LogP contribution in [0.4, 0.5) is 0 Å². The zero-order valence-corrected chi connectivity index (χ0v) is 32.0. The van der Waals surface area contributed by atoms with Gasteiger partial charge in [0.15, 0.2) is 0 Å². The molecule has 0 aliphatic heterocycles. The molecule has 0 aliphatic rings. The molecule has 0 saturated heterocycles. The Morgan fingerprint density at radius 1 is 0.661 bits per heavy atom. The first-order valence-electron chi connectivity index (χ1n) is 19.5. The molecule has 59 heavy (non-hydrogen) atoms. The minimum atomic E-state index is -1.41. The van der Waals surface area contributed by atoms with Gasteiger partial charge in [0.2, 0.25) is 5.91 Å². The summed E-state index contributed by atoms with van der Waals surface area (Å²) in [6.45, 7) is -0.0599. The maximum absolute atomic E-state index is 15.4. The van der Waals surface area contributed by atoms with Crippen molar-refractivity contribution in [3.05, 3.63) is 186 Å². The van der Waals surface area contributed by atoms with Gasteiger partial charge in [-0.25, -0.2) is 9.78 Å². The summed E-state index contributed by atoms with van der Waals surface area (Å²) in [5.74, 6) is -2.26. The van der Waals surface area contributed by atoms with Gasteiger partial charge in [0, 0.05) is 56.9 Å². The van der Waals surface area contributed by atoms with E-state index in [1.54, 1.807) is 12.3 Å². The summed E-state index contributed by atoms with van der Waals surface area (Å²) in [5.41, 5.74) is 13.8. The normalized spacial score (nSPS) is 12.7. The maximum Gasteiger partial charge on any atom is 0.330 e. The second-order valence-corrected chi connectivity index (χ2v) is 14.6. The van der Waals surface area contributed by atoms with Crippen molar-refractivity contribution in [3.8, 4) is 0 Å². The summed E-state index contributed by atoms with van der Waals surface area (Å²) in [6, 6.07) is 41.3. The number of nitrogens with two attached hydrogens (primary N) is 1. The fraction of sp³-hybridized carbons (Fsp3) is 0.102. The molecule has 5 N–H and O–H groups in total. The smallest absolute Gasteiger partial charge is 0.330 e. The molecule has 0 spiro atoms. The van der Waals surface area contributed by atoms with E-state index in [-0.39, 0.29) is 25.1 Å². The number of fused-ring (bicyclic) bond motifs is 5. The molecule has 290 valence electrons. The standard InChI is InChI=1S/C49H40N6O4/c50-39(25-33-28-51-40-20-10-7-17-35(33)40)47(56)55(45(49(58)59-30-32-15-5-2-6-16-32)26-34-29-52-41-21-11-8-18-36(34)41)48(57)44-27-38-37-19-9-12-22-42(37)54-46(38)43(53-44)24-23-31-13-3-1-4-14-31/h1-24,27-29,39,45,51-52,54H,25-26,30,50H2/t39-,45-/m0/s1. The van der Waals surface area contributed by atoms with Gasteiger partial charge in [-0.2, -0.15) is 0 Å². The van der Waals surface area contributed by atoms with E-state index in [1.807, 2.05) is 152 Å². The van der Waals surface area contributed by atoms with Crippen LogP contribution in [0.3, 0.4) is 0 Å². The lowest BCUT2D eigenvalue weighted by atomic mass is 10.00. The van der Waals surface area contributed by atoms with Crippen LogP contribution in [0.2, 0.25) is 0 Å². The third-order valence-corrected chi connectivity index (χ3v) is 10.8. The number of aromatic nitrogens is 4. The number of imide groups is 1. The van der Waals surface area contributed by atoms with E-state index < -0.39 is 29.9 Å².